The highest BCUT2D eigenvalue weighted by Crippen LogP contribution is 2.34. The molecule has 0 aliphatic carbocycles. The van der Waals surface area contributed by atoms with Crippen LogP contribution in [0.15, 0.2) is 17.0 Å². The van der Waals surface area contributed by atoms with Crippen LogP contribution >= 0.6 is 11.8 Å². The van der Waals surface area contributed by atoms with Gasteiger partial charge in [0.2, 0.25) is 5.91 Å². The molecular formula is C15H18F4N2OS. The number of rotatable bonds is 3. The largest absolute Gasteiger partial charge is 0.398 e. The second kappa shape index (κ2) is 6.98. The Morgan fingerprint density at radius 2 is 1.83 bits per heavy atom. The molecule has 1 fully saturated rings. The third-order valence-corrected chi connectivity index (χ3v) is 4.92. The van der Waals surface area contributed by atoms with Gasteiger partial charge in [-0.2, -0.15) is 13.2 Å². The van der Waals surface area contributed by atoms with Gasteiger partial charge in [-0.15, -0.1) is 11.8 Å². The molecule has 1 aromatic rings. The highest BCUT2D eigenvalue weighted by atomic mass is 32.2. The Morgan fingerprint density at radius 3 is 2.35 bits per heavy atom. The third kappa shape index (κ3) is 4.76. The fourth-order valence-electron chi connectivity index (χ4n) is 2.46. The third-order valence-electron chi connectivity index (χ3n) is 3.70. The summed E-state index contributed by atoms with van der Waals surface area (Å²) in [6.45, 7) is 4.96. The van der Waals surface area contributed by atoms with Gasteiger partial charge >= 0.3 is 6.18 Å². The zero-order valence-electron chi connectivity index (χ0n) is 12.9. The van der Waals surface area contributed by atoms with E-state index in [4.69, 9.17) is 0 Å². The quantitative estimate of drug-likeness (QED) is 0.616. The smallest absolute Gasteiger partial charge is 0.366 e. The molecule has 0 spiro atoms. The van der Waals surface area contributed by atoms with Crippen LogP contribution in [0.1, 0.15) is 12.5 Å². The maximum atomic E-state index is 14.2. The maximum absolute atomic E-state index is 14.2. The van der Waals surface area contributed by atoms with Gasteiger partial charge in [0.1, 0.15) is 5.82 Å². The number of carbonyl (C=O) groups is 1. The van der Waals surface area contributed by atoms with Crippen molar-refractivity contribution in [2.75, 3.05) is 36.8 Å². The van der Waals surface area contributed by atoms with Gasteiger partial charge < -0.3 is 9.80 Å². The van der Waals surface area contributed by atoms with Crippen molar-refractivity contribution < 1.29 is 22.4 Å². The van der Waals surface area contributed by atoms with Crippen LogP contribution in [-0.2, 0) is 4.79 Å². The van der Waals surface area contributed by atoms with Gasteiger partial charge in [0.25, 0.3) is 0 Å². The van der Waals surface area contributed by atoms with Gasteiger partial charge in [0.15, 0.2) is 0 Å². The van der Waals surface area contributed by atoms with Crippen molar-refractivity contribution in [3.05, 3.63) is 23.5 Å². The molecule has 8 heteroatoms. The molecule has 1 saturated heterocycles. The van der Waals surface area contributed by atoms with Crippen molar-refractivity contribution in [2.24, 2.45) is 0 Å². The number of piperazine rings is 1. The Morgan fingerprint density at radius 1 is 1.22 bits per heavy atom. The summed E-state index contributed by atoms with van der Waals surface area (Å²) in [4.78, 5) is 15.2. The van der Waals surface area contributed by atoms with Crippen LogP contribution in [0.3, 0.4) is 0 Å². The monoisotopic (exact) mass is 350 g/mol. The number of benzene rings is 1. The maximum Gasteiger partial charge on any atom is 0.398 e. The first-order valence-electron chi connectivity index (χ1n) is 7.17. The molecule has 23 heavy (non-hydrogen) atoms. The van der Waals surface area contributed by atoms with Crippen LogP contribution in [0.2, 0.25) is 0 Å². The van der Waals surface area contributed by atoms with Gasteiger partial charge in [0, 0.05) is 38.0 Å². The first kappa shape index (κ1) is 17.9. The molecule has 3 nitrogen and oxygen atoms in total. The average molecular weight is 350 g/mol. The minimum atomic E-state index is -4.27. The number of hydrogen-bond acceptors (Lipinski definition) is 3. The average Bonchev–Trinajstić information content (AvgIpc) is 2.45. The van der Waals surface area contributed by atoms with Crippen molar-refractivity contribution >= 4 is 23.4 Å². The van der Waals surface area contributed by atoms with Gasteiger partial charge in [-0.3, -0.25) is 4.79 Å². The van der Waals surface area contributed by atoms with E-state index >= 15 is 0 Å². The second-order valence-corrected chi connectivity index (χ2v) is 6.48. The van der Waals surface area contributed by atoms with Crippen LogP contribution in [0.25, 0.3) is 0 Å². The summed E-state index contributed by atoms with van der Waals surface area (Å²) in [5.41, 5.74) is 0.784. The lowest BCUT2D eigenvalue weighted by molar-refractivity contribution is -0.129. The molecule has 2 rings (SSSR count). The SMILES string of the molecule is CC(=O)N1CCN(c2cc(SCC(F)(F)F)c(C)cc2F)CC1. The van der Waals surface area contributed by atoms with Crippen molar-refractivity contribution in [3.8, 4) is 0 Å². The van der Waals surface area contributed by atoms with Gasteiger partial charge in [-0.05, 0) is 24.6 Å². The van der Waals surface area contributed by atoms with Crippen LogP contribution in [0, 0.1) is 12.7 Å². The van der Waals surface area contributed by atoms with E-state index in [1.165, 1.54) is 19.1 Å². The lowest BCUT2D eigenvalue weighted by Gasteiger charge is -2.36. The van der Waals surface area contributed by atoms with E-state index in [-0.39, 0.29) is 5.91 Å². The fraction of sp³-hybridized carbons (Fsp3) is 0.533. The van der Waals surface area contributed by atoms with Crippen LogP contribution in [0.5, 0.6) is 0 Å². The Kier molecular flexibility index (Phi) is 5.44. The number of hydrogen-bond donors (Lipinski definition) is 0. The number of amides is 1. The van der Waals surface area contributed by atoms with Gasteiger partial charge in [-0.1, -0.05) is 0 Å². The summed E-state index contributed by atoms with van der Waals surface area (Å²) in [5.74, 6) is -1.48. The highest BCUT2D eigenvalue weighted by Gasteiger charge is 2.28. The summed E-state index contributed by atoms with van der Waals surface area (Å²) in [6.07, 6.45) is -4.27. The molecule has 0 atom stereocenters. The number of anilines is 1. The predicted molar refractivity (Wildman–Crippen MR) is 82.4 cm³/mol. The molecular weight excluding hydrogens is 332 g/mol. The molecule has 0 N–H and O–H groups in total. The minimum absolute atomic E-state index is 0.0320. The number of halogens is 4. The van der Waals surface area contributed by atoms with Gasteiger partial charge in [-0.25, -0.2) is 4.39 Å². The Bertz CT molecular complexity index is 584. The van der Waals surface area contributed by atoms with Crippen molar-refractivity contribution in [1.82, 2.24) is 4.90 Å². The molecule has 1 aromatic carbocycles. The number of thioether (sulfide) groups is 1. The summed E-state index contributed by atoms with van der Waals surface area (Å²) >= 11 is 0.663. The van der Waals surface area contributed by atoms with E-state index in [2.05, 4.69) is 0 Å². The van der Waals surface area contributed by atoms with Crippen molar-refractivity contribution in [1.29, 1.82) is 0 Å². The van der Waals surface area contributed by atoms with Crippen molar-refractivity contribution in [3.63, 3.8) is 0 Å². The Balaban J connectivity index is 2.14. The minimum Gasteiger partial charge on any atom is -0.366 e. The standard InChI is InChI=1S/C15H18F4N2OS/c1-10-7-12(16)13(8-14(10)23-9-15(17,18)19)21-5-3-20(4-6-21)11(2)22/h7-8H,3-6,9H2,1-2H3. The highest BCUT2D eigenvalue weighted by molar-refractivity contribution is 7.99. The van der Waals surface area contributed by atoms with E-state index in [9.17, 15) is 22.4 Å². The molecule has 1 aliphatic rings. The zero-order valence-corrected chi connectivity index (χ0v) is 13.7. The first-order valence-corrected chi connectivity index (χ1v) is 8.16. The fourth-order valence-corrected chi connectivity index (χ4v) is 3.26. The molecule has 128 valence electrons. The zero-order chi connectivity index (χ0) is 17.2. The Labute approximate surface area is 136 Å². The molecule has 1 heterocycles. The normalized spacial score (nSPS) is 15.9. The molecule has 0 aromatic heterocycles. The van der Waals surface area contributed by atoms with E-state index in [0.717, 1.165) is 0 Å². The predicted octanol–water partition coefficient (Wildman–Crippen LogP) is 3.46. The first-order chi connectivity index (χ1) is 10.7. The topological polar surface area (TPSA) is 23.6 Å². The van der Waals surface area contributed by atoms with E-state index in [1.807, 2.05) is 0 Å². The Hall–Kier alpha value is -1.44. The summed E-state index contributed by atoms with van der Waals surface area (Å²) < 4.78 is 51.3. The van der Waals surface area contributed by atoms with Gasteiger partial charge in [0.05, 0.1) is 11.4 Å². The summed E-state index contributed by atoms with van der Waals surface area (Å²) in [7, 11) is 0. The summed E-state index contributed by atoms with van der Waals surface area (Å²) in [5, 5.41) is 0. The number of nitrogens with zero attached hydrogens (tertiary/aromatic N) is 2. The molecule has 0 saturated carbocycles. The molecule has 1 amide bonds. The number of carbonyl (C=O) groups excluding carboxylic acids is 1. The van der Waals surface area contributed by atoms with E-state index in [1.54, 1.807) is 16.7 Å². The molecule has 0 bridgehead atoms. The van der Waals surface area contributed by atoms with Crippen molar-refractivity contribution in [2.45, 2.75) is 24.9 Å². The van der Waals surface area contributed by atoms with Crippen LogP contribution < -0.4 is 4.90 Å². The van der Waals surface area contributed by atoms with E-state index < -0.39 is 17.7 Å². The summed E-state index contributed by atoms with van der Waals surface area (Å²) in [6, 6.07) is 2.75. The lowest BCUT2D eigenvalue weighted by atomic mass is 10.2. The number of alkyl halides is 3. The van der Waals surface area contributed by atoms with E-state index in [0.29, 0.717) is 54.1 Å². The van der Waals surface area contributed by atoms with Crippen LogP contribution in [0.4, 0.5) is 23.2 Å². The molecule has 0 radical (unpaired) electrons. The molecule has 0 unspecified atom stereocenters. The number of aryl methyl sites for hydroxylation is 1. The molecule has 1 aliphatic heterocycles. The van der Waals surface area contributed by atoms with Crippen LogP contribution in [-0.4, -0.2) is 48.9 Å². The lowest BCUT2D eigenvalue weighted by Crippen LogP contribution is -2.48. The second-order valence-electron chi connectivity index (χ2n) is 5.47.